The zero-order valence-electron chi connectivity index (χ0n) is 18.3. The summed E-state index contributed by atoms with van der Waals surface area (Å²) < 4.78 is 0. The van der Waals surface area contributed by atoms with E-state index in [2.05, 4.69) is 82.0 Å². The topological polar surface area (TPSA) is 3.24 Å². The van der Waals surface area contributed by atoms with Gasteiger partial charge in [0.15, 0.2) is 0 Å². The van der Waals surface area contributed by atoms with Crippen LogP contribution in [0.15, 0.2) is 54.2 Å². The fraction of sp³-hybridized carbons (Fsp3) is 0.520. The van der Waals surface area contributed by atoms with Crippen LogP contribution in [0.4, 0.5) is 0 Å². The molecule has 0 saturated carbocycles. The number of aryl methyl sites for hydroxylation is 2. The second kappa shape index (κ2) is 15.6. The Kier molecular flexibility index (Phi) is 14.7. The minimum Gasteiger partial charge on any atom is -0.299 e. The van der Waals surface area contributed by atoms with E-state index in [1.54, 1.807) is 0 Å². The molecule has 26 heavy (non-hydrogen) atoms. The average molecular weight is 356 g/mol. The van der Waals surface area contributed by atoms with Crippen molar-refractivity contribution in [2.24, 2.45) is 0 Å². The highest BCUT2D eigenvalue weighted by Crippen LogP contribution is 2.12. The van der Waals surface area contributed by atoms with E-state index >= 15 is 0 Å². The Hall–Kier alpha value is -1.60. The number of hydrogen-bond acceptors (Lipinski definition) is 1. The van der Waals surface area contributed by atoms with Crippen LogP contribution in [0, 0.1) is 13.8 Å². The summed E-state index contributed by atoms with van der Waals surface area (Å²) in [5, 5.41) is 0. The summed E-state index contributed by atoms with van der Waals surface area (Å²) in [5.74, 6) is 0. The first-order valence-corrected chi connectivity index (χ1v) is 10.2. The maximum Gasteiger partial charge on any atom is 0.0233 e. The molecule has 1 aromatic carbocycles. The molecule has 0 heterocycles. The molecule has 0 aliphatic rings. The van der Waals surface area contributed by atoms with Crippen molar-refractivity contribution in [2.45, 2.75) is 74.3 Å². The largest absolute Gasteiger partial charge is 0.299 e. The fourth-order valence-corrected chi connectivity index (χ4v) is 2.79. The van der Waals surface area contributed by atoms with Crippen molar-refractivity contribution in [3.8, 4) is 0 Å². The monoisotopic (exact) mass is 355 g/mol. The van der Waals surface area contributed by atoms with Gasteiger partial charge in [0.2, 0.25) is 0 Å². The Bertz CT molecular complexity index is 558. The molecule has 1 aromatic rings. The van der Waals surface area contributed by atoms with Gasteiger partial charge in [-0.2, -0.15) is 0 Å². The second-order valence-electron chi connectivity index (χ2n) is 6.82. The molecule has 0 saturated heterocycles. The summed E-state index contributed by atoms with van der Waals surface area (Å²) in [7, 11) is 0. The molecule has 0 amide bonds. The van der Waals surface area contributed by atoms with Crippen molar-refractivity contribution in [1.82, 2.24) is 4.90 Å². The van der Waals surface area contributed by atoms with Crippen LogP contribution in [-0.2, 0) is 6.54 Å². The first kappa shape index (κ1) is 24.4. The summed E-state index contributed by atoms with van der Waals surface area (Å²) in [6, 6.07) is 6.83. The Labute approximate surface area is 163 Å². The molecule has 0 unspecified atom stereocenters. The molecule has 0 N–H and O–H groups in total. The van der Waals surface area contributed by atoms with E-state index in [4.69, 9.17) is 0 Å². The van der Waals surface area contributed by atoms with Gasteiger partial charge in [0.25, 0.3) is 0 Å². The molecule has 1 nitrogen and oxygen atoms in total. The van der Waals surface area contributed by atoms with Gasteiger partial charge in [0.1, 0.15) is 0 Å². The van der Waals surface area contributed by atoms with Crippen LogP contribution < -0.4 is 0 Å². The molecule has 1 rings (SSSR count). The predicted octanol–water partition coefficient (Wildman–Crippen LogP) is 7.40. The summed E-state index contributed by atoms with van der Waals surface area (Å²) in [4.78, 5) is 2.55. The van der Waals surface area contributed by atoms with Gasteiger partial charge >= 0.3 is 0 Å². The van der Waals surface area contributed by atoms with Crippen LogP contribution in [-0.4, -0.2) is 18.0 Å². The zero-order valence-corrected chi connectivity index (χ0v) is 18.3. The maximum atomic E-state index is 2.55. The van der Waals surface area contributed by atoms with Crippen molar-refractivity contribution in [3.63, 3.8) is 0 Å². The highest BCUT2D eigenvalue weighted by Gasteiger charge is 2.04. The number of benzene rings is 1. The van der Waals surface area contributed by atoms with E-state index in [9.17, 15) is 0 Å². The van der Waals surface area contributed by atoms with Crippen LogP contribution in [0.25, 0.3) is 0 Å². The zero-order chi connectivity index (χ0) is 19.8. The van der Waals surface area contributed by atoms with Gasteiger partial charge in [0.05, 0.1) is 0 Å². The Morgan fingerprint density at radius 2 is 1.58 bits per heavy atom. The normalized spacial score (nSPS) is 12.1. The van der Waals surface area contributed by atoms with Gasteiger partial charge in [-0.25, -0.2) is 0 Å². The molecule has 0 atom stereocenters. The van der Waals surface area contributed by atoms with Crippen molar-refractivity contribution in [2.75, 3.05) is 13.1 Å². The van der Waals surface area contributed by atoms with Crippen molar-refractivity contribution in [1.29, 1.82) is 0 Å². The quantitative estimate of drug-likeness (QED) is 0.417. The fourth-order valence-electron chi connectivity index (χ4n) is 2.79. The first-order chi connectivity index (χ1) is 12.5. The number of hydrogen-bond donors (Lipinski definition) is 0. The third-order valence-corrected chi connectivity index (χ3v) is 4.35. The van der Waals surface area contributed by atoms with Crippen LogP contribution >= 0.6 is 0 Å². The van der Waals surface area contributed by atoms with Crippen LogP contribution in [0.5, 0.6) is 0 Å². The number of rotatable bonds is 9. The molecule has 1 heteroatoms. The highest BCUT2D eigenvalue weighted by molar-refractivity contribution is 5.29. The van der Waals surface area contributed by atoms with Crippen LogP contribution in [0.2, 0.25) is 0 Å². The minimum atomic E-state index is 1.10. The van der Waals surface area contributed by atoms with Gasteiger partial charge < -0.3 is 0 Å². The average Bonchev–Trinajstić information content (AvgIpc) is 2.63. The predicted molar refractivity (Wildman–Crippen MR) is 120 cm³/mol. The van der Waals surface area contributed by atoms with E-state index in [0.717, 1.165) is 13.0 Å². The number of nitrogens with zero attached hydrogens (tertiary/aromatic N) is 1. The lowest BCUT2D eigenvalue weighted by Gasteiger charge is -2.21. The van der Waals surface area contributed by atoms with E-state index in [-0.39, 0.29) is 0 Å². The SMILES string of the molecule is C/C=C/C=C(\C=C\C)CC.CCCN(CCC)Cc1ccc(C)c(C)c1. The first-order valence-electron chi connectivity index (χ1n) is 10.2. The molecule has 0 aromatic heterocycles. The van der Waals surface area contributed by atoms with E-state index in [1.165, 1.54) is 48.2 Å². The third kappa shape index (κ3) is 11.1. The van der Waals surface area contributed by atoms with Crippen molar-refractivity contribution < 1.29 is 0 Å². The third-order valence-electron chi connectivity index (χ3n) is 4.35. The molecule has 0 bridgehead atoms. The van der Waals surface area contributed by atoms with Crippen molar-refractivity contribution >= 4 is 0 Å². The van der Waals surface area contributed by atoms with Gasteiger partial charge in [-0.15, -0.1) is 0 Å². The Morgan fingerprint density at radius 1 is 0.923 bits per heavy atom. The highest BCUT2D eigenvalue weighted by atomic mass is 15.1. The lowest BCUT2D eigenvalue weighted by atomic mass is 10.1. The molecular formula is C25H41N. The molecule has 0 spiro atoms. The van der Waals surface area contributed by atoms with Crippen LogP contribution in [0.3, 0.4) is 0 Å². The lowest BCUT2D eigenvalue weighted by molar-refractivity contribution is 0.266. The molecule has 0 aliphatic carbocycles. The summed E-state index contributed by atoms with van der Waals surface area (Å²) >= 11 is 0. The van der Waals surface area contributed by atoms with E-state index in [1.807, 2.05) is 19.9 Å². The second-order valence-corrected chi connectivity index (χ2v) is 6.82. The van der Waals surface area contributed by atoms with Crippen molar-refractivity contribution in [3.05, 3.63) is 70.8 Å². The maximum absolute atomic E-state index is 2.55. The lowest BCUT2D eigenvalue weighted by Crippen LogP contribution is -2.24. The molecule has 146 valence electrons. The smallest absolute Gasteiger partial charge is 0.0233 e. The Balaban J connectivity index is 0.000000541. The number of allylic oxidation sites excluding steroid dienone is 6. The Morgan fingerprint density at radius 3 is 2.04 bits per heavy atom. The van der Waals surface area contributed by atoms with E-state index < -0.39 is 0 Å². The molecule has 0 radical (unpaired) electrons. The van der Waals surface area contributed by atoms with Gasteiger partial charge in [-0.05, 0) is 82.3 Å². The minimum absolute atomic E-state index is 1.10. The summed E-state index contributed by atoms with van der Waals surface area (Å²) in [6.07, 6.45) is 14.0. The van der Waals surface area contributed by atoms with Gasteiger partial charge in [-0.3, -0.25) is 4.90 Å². The van der Waals surface area contributed by atoms with Gasteiger partial charge in [0, 0.05) is 6.54 Å². The molecule has 0 fully saturated rings. The van der Waals surface area contributed by atoms with E-state index in [0.29, 0.717) is 0 Å². The summed E-state index contributed by atoms with van der Waals surface area (Å²) in [6.45, 7) is 18.6. The molecule has 0 aliphatic heterocycles. The van der Waals surface area contributed by atoms with Crippen LogP contribution in [0.1, 0.15) is 70.6 Å². The van der Waals surface area contributed by atoms with Gasteiger partial charge in [-0.1, -0.05) is 69.4 Å². The summed E-state index contributed by atoms with van der Waals surface area (Å²) in [5.41, 5.74) is 5.62. The standard InChI is InChI=1S/C15H25N.C10H16/c1-5-9-16(10-6-2)12-15-8-7-13(3)14(4)11-15;1-4-7-9-10(6-3)8-5-2/h7-8,11H,5-6,9-10,12H2,1-4H3;4-5,7-9H,6H2,1-3H3/b;7-4+,8-5+,10-9-. The molecular weight excluding hydrogens is 314 g/mol.